The zero-order valence-corrected chi connectivity index (χ0v) is 15.0. The van der Waals surface area contributed by atoms with Crippen LogP contribution >= 0.6 is 11.3 Å². The van der Waals surface area contributed by atoms with Crippen LogP contribution in [-0.2, 0) is 16.0 Å². The maximum absolute atomic E-state index is 12.7. The fourth-order valence-corrected chi connectivity index (χ4v) is 3.25. The molecule has 8 heteroatoms. The van der Waals surface area contributed by atoms with Crippen molar-refractivity contribution in [2.24, 2.45) is 0 Å². The predicted molar refractivity (Wildman–Crippen MR) is 94.7 cm³/mol. The molecule has 0 bridgehead atoms. The molecule has 1 aromatic heterocycles. The van der Waals surface area contributed by atoms with Crippen molar-refractivity contribution in [2.75, 3.05) is 11.9 Å². The first-order valence-corrected chi connectivity index (χ1v) is 9.12. The van der Waals surface area contributed by atoms with E-state index in [2.05, 4.69) is 10.3 Å². The summed E-state index contributed by atoms with van der Waals surface area (Å²) in [6.45, 7) is 1.88. The van der Waals surface area contributed by atoms with Crippen LogP contribution in [0.1, 0.15) is 34.5 Å². The highest BCUT2D eigenvalue weighted by Gasteiger charge is 2.34. The third kappa shape index (κ3) is 4.66. The Bertz CT molecular complexity index is 827. The lowest BCUT2D eigenvalue weighted by atomic mass is 10.1. The van der Waals surface area contributed by atoms with E-state index in [1.807, 2.05) is 19.1 Å². The molecule has 1 fully saturated rings. The van der Waals surface area contributed by atoms with E-state index in [0.29, 0.717) is 16.4 Å². The molecule has 3 rings (SSSR count). The highest BCUT2D eigenvalue weighted by Crippen LogP contribution is 2.28. The number of rotatable bonds is 7. The van der Waals surface area contributed by atoms with Crippen molar-refractivity contribution in [3.05, 3.63) is 46.5 Å². The normalized spacial score (nSPS) is 13.3. The number of nitrogens with zero attached hydrogens (tertiary/aromatic N) is 2. The fraction of sp³-hybridized carbons (Fsp3) is 0.333. The number of hydrogen-bond donors (Lipinski definition) is 1. The van der Waals surface area contributed by atoms with E-state index in [9.17, 15) is 19.5 Å². The molecular weight excluding hydrogens is 354 g/mol. The summed E-state index contributed by atoms with van der Waals surface area (Å²) in [6, 6.07) is 7.34. The van der Waals surface area contributed by atoms with Crippen molar-refractivity contribution in [3.8, 4) is 0 Å². The Morgan fingerprint density at radius 3 is 2.58 bits per heavy atom. The van der Waals surface area contributed by atoms with E-state index in [1.54, 1.807) is 22.4 Å². The lowest BCUT2D eigenvalue weighted by Gasteiger charge is -2.21. The largest absolute Gasteiger partial charge is 0.550 e. The molecule has 1 aliphatic carbocycles. The third-order valence-electron chi connectivity index (χ3n) is 3.98. The quantitative estimate of drug-likeness (QED) is 0.781. The highest BCUT2D eigenvalue weighted by atomic mass is 32.1. The first-order valence-electron chi connectivity index (χ1n) is 8.24. The molecule has 7 nitrogen and oxygen atoms in total. The molecule has 1 N–H and O–H groups in total. The number of aryl methyl sites for hydroxylation is 1. The summed E-state index contributed by atoms with van der Waals surface area (Å²) in [5.41, 5.74) is 1.95. The Hall–Kier alpha value is -2.74. The maximum Gasteiger partial charge on any atom is 0.254 e. The van der Waals surface area contributed by atoms with Crippen molar-refractivity contribution < 1.29 is 19.5 Å². The maximum atomic E-state index is 12.7. The molecule has 26 heavy (non-hydrogen) atoms. The predicted octanol–water partition coefficient (Wildman–Crippen LogP) is 0.987. The van der Waals surface area contributed by atoms with Gasteiger partial charge in [-0.1, -0.05) is 17.7 Å². The van der Waals surface area contributed by atoms with Gasteiger partial charge in [-0.25, -0.2) is 4.98 Å². The van der Waals surface area contributed by atoms with Crippen LogP contribution in [0.5, 0.6) is 0 Å². The first kappa shape index (κ1) is 18.1. The minimum Gasteiger partial charge on any atom is -0.550 e. The van der Waals surface area contributed by atoms with E-state index in [4.69, 9.17) is 0 Å². The average Bonchev–Trinajstić information content (AvgIpc) is 3.34. The number of carbonyl (C=O) groups is 3. The third-order valence-corrected chi connectivity index (χ3v) is 4.79. The van der Waals surface area contributed by atoms with Crippen LogP contribution in [0.4, 0.5) is 5.13 Å². The van der Waals surface area contributed by atoms with Gasteiger partial charge in [-0.2, -0.15) is 0 Å². The van der Waals surface area contributed by atoms with Crippen LogP contribution in [0, 0.1) is 6.92 Å². The number of nitrogens with one attached hydrogen (secondary N) is 1. The van der Waals surface area contributed by atoms with Gasteiger partial charge in [0.2, 0.25) is 5.91 Å². The number of carboxylic acids is 1. The molecule has 2 aromatic rings. The number of benzene rings is 1. The Morgan fingerprint density at radius 2 is 1.96 bits per heavy atom. The van der Waals surface area contributed by atoms with Gasteiger partial charge in [0.1, 0.15) is 6.54 Å². The molecule has 0 radical (unpaired) electrons. The Morgan fingerprint density at radius 1 is 1.27 bits per heavy atom. The van der Waals surface area contributed by atoms with Gasteiger partial charge in [0.25, 0.3) is 5.91 Å². The van der Waals surface area contributed by atoms with Crippen molar-refractivity contribution in [1.82, 2.24) is 9.88 Å². The van der Waals surface area contributed by atoms with Crippen LogP contribution in [0.25, 0.3) is 0 Å². The van der Waals surface area contributed by atoms with Gasteiger partial charge in [0, 0.05) is 29.4 Å². The van der Waals surface area contributed by atoms with Crippen LogP contribution in [-0.4, -0.2) is 40.3 Å². The molecule has 1 aromatic carbocycles. The second kappa shape index (κ2) is 7.65. The number of amides is 2. The summed E-state index contributed by atoms with van der Waals surface area (Å²) in [7, 11) is 0. The molecule has 1 heterocycles. The number of hydrogen-bond acceptors (Lipinski definition) is 6. The number of carboxylic acid groups (broad SMARTS) is 1. The number of anilines is 1. The second-order valence-corrected chi connectivity index (χ2v) is 7.13. The van der Waals surface area contributed by atoms with E-state index in [1.165, 1.54) is 0 Å². The van der Waals surface area contributed by atoms with Gasteiger partial charge < -0.3 is 20.1 Å². The summed E-state index contributed by atoms with van der Waals surface area (Å²) >= 11 is 1.14. The highest BCUT2D eigenvalue weighted by molar-refractivity contribution is 7.13. The average molecular weight is 372 g/mol. The SMILES string of the molecule is Cc1ccc(C(=O)N(CC(=O)Nc2nc(CC(=O)[O-])cs2)C2CC2)cc1. The number of aliphatic carboxylic acids is 1. The molecule has 1 saturated carbocycles. The number of carbonyl (C=O) groups excluding carboxylic acids is 3. The number of thiazole rings is 1. The molecule has 0 spiro atoms. The molecule has 1 aliphatic rings. The Labute approximate surface area is 154 Å². The Kier molecular flexibility index (Phi) is 5.32. The van der Waals surface area contributed by atoms with E-state index in [0.717, 1.165) is 29.7 Å². The molecule has 0 atom stereocenters. The minimum atomic E-state index is -1.23. The summed E-state index contributed by atoms with van der Waals surface area (Å²) in [5.74, 6) is -1.75. The molecule has 136 valence electrons. The molecular formula is C18H18N3O4S-. The lowest BCUT2D eigenvalue weighted by molar-refractivity contribution is -0.304. The number of aromatic nitrogens is 1. The summed E-state index contributed by atoms with van der Waals surface area (Å²) in [6.07, 6.45) is 1.47. The summed E-state index contributed by atoms with van der Waals surface area (Å²) in [5, 5.41) is 15.1. The van der Waals surface area contributed by atoms with Gasteiger partial charge in [0.05, 0.1) is 5.69 Å². The van der Waals surface area contributed by atoms with Crippen LogP contribution < -0.4 is 10.4 Å². The van der Waals surface area contributed by atoms with E-state index < -0.39 is 5.97 Å². The second-order valence-electron chi connectivity index (χ2n) is 6.27. The monoisotopic (exact) mass is 372 g/mol. The van der Waals surface area contributed by atoms with Gasteiger partial charge in [-0.3, -0.25) is 9.59 Å². The summed E-state index contributed by atoms with van der Waals surface area (Å²) < 4.78 is 0. The molecule has 0 aliphatic heterocycles. The van der Waals surface area contributed by atoms with Crippen molar-refractivity contribution in [2.45, 2.75) is 32.2 Å². The lowest BCUT2D eigenvalue weighted by Crippen LogP contribution is -2.39. The molecule has 0 unspecified atom stereocenters. The van der Waals surface area contributed by atoms with Gasteiger partial charge in [-0.15, -0.1) is 11.3 Å². The van der Waals surface area contributed by atoms with Gasteiger partial charge in [0.15, 0.2) is 5.13 Å². The van der Waals surface area contributed by atoms with Crippen molar-refractivity contribution in [3.63, 3.8) is 0 Å². The fourth-order valence-electron chi connectivity index (χ4n) is 2.52. The van der Waals surface area contributed by atoms with E-state index >= 15 is 0 Å². The zero-order chi connectivity index (χ0) is 18.7. The summed E-state index contributed by atoms with van der Waals surface area (Å²) in [4.78, 5) is 41.2. The van der Waals surface area contributed by atoms with Crippen molar-refractivity contribution >= 4 is 34.3 Å². The molecule has 2 amide bonds. The molecule has 0 saturated heterocycles. The zero-order valence-electron chi connectivity index (χ0n) is 14.2. The first-order chi connectivity index (χ1) is 12.4. The van der Waals surface area contributed by atoms with Gasteiger partial charge >= 0.3 is 0 Å². The van der Waals surface area contributed by atoms with Crippen LogP contribution in [0.2, 0.25) is 0 Å². The van der Waals surface area contributed by atoms with Gasteiger partial charge in [-0.05, 0) is 31.9 Å². The van der Waals surface area contributed by atoms with Crippen LogP contribution in [0.15, 0.2) is 29.6 Å². The van der Waals surface area contributed by atoms with Crippen molar-refractivity contribution in [1.29, 1.82) is 0 Å². The Balaban J connectivity index is 1.63. The topological polar surface area (TPSA) is 102 Å². The minimum absolute atomic E-state index is 0.0627. The smallest absolute Gasteiger partial charge is 0.254 e. The van der Waals surface area contributed by atoms with E-state index in [-0.39, 0.29) is 30.8 Å². The van der Waals surface area contributed by atoms with Crippen LogP contribution in [0.3, 0.4) is 0 Å². The standard InChI is InChI=1S/C18H19N3O4S/c1-11-2-4-12(5-3-11)17(25)21(14-6-7-14)9-15(22)20-18-19-13(10-26-18)8-16(23)24/h2-5,10,14H,6-9H2,1H3,(H,23,24)(H,19,20,22)/p-1.